The van der Waals surface area contributed by atoms with Crippen molar-refractivity contribution in [3.63, 3.8) is 0 Å². The molecule has 1 atom stereocenters. The Morgan fingerprint density at radius 2 is 1.91 bits per heavy atom. The van der Waals surface area contributed by atoms with E-state index in [2.05, 4.69) is 4.90 Å². The SMILES string of the molecule is NC(=O)c1ccccc1OC1CCCN(c2ccc(F)cc2)C1. The molecule has 1 unspecified atom stereocenters. The molecule has 5 heteroatoms. The van der Waals surface area contributed by atoms with Crippen molar-refractivity contribution in [3.8, 4) is 5.75 Å². The molecule has 4 nitrogen and oxygen atoms in total. The summed E-state index contributed by atoms with van der Waals surface area (Å²) in [5.74, 6) is -0.216. The van der Waals surface area contributed by atoms with Crippen LogP contribution in [0.15, 0.2) is 48.5 Å². The number of carbonyl (C=O) groups is 1. The monoisotopic (exact) mass is 314 g/mol. The number of halogens is 1. The number of anilines is 1. The predicted octanol–water partition coefficient (Wildman–Crippen LogP) is 2.97. The molecular weight excluding hydrogens is 295 g/mol. The first-order valence-corrected chi connectivity index (χ1v) is 7.69. The Bertz CT molecular complexity index is 688. The maximum Gasteiger partial charge on any atom is 0.252 e. The summed E-state index contributed by atoms with van der Waals surface area (Å²) in [7, 11) is 0. The lowest BCUT2D eigenvalue weighted by atomic mass is 10.1. The maximum absolute atomic E-state index is 13.1. The summed E-state index contributed by atoms with van der Waals surface area (Å²) in [5.41, 5.74) is 6.76. The third-order valence-electron chi connectivity index (χ3n) is 4.02. The number of rotatable bonds is 4. The molecule has 1 fully saturated rings. The predicted molar refractivity (Wildman–Crippen MR) is 87.2 cm³/mol. The summed E-state index contributed by atoms with van der Waals surface area (Å²) < 4.78 is 19.1. The van der Waals surface area contributed by atoms with Crippen LogP contribution in [0.5, 0.6) is 5.75 Å². The van der Waals surface area contributed by atoms with E-state index >= 15 is 0 Å². The number of primary amides is 1. The number of amides is 1. The van der Waals surface area contributed by atoms with Crippen molar-refractivity contribution in [2.75, 3.05) is 18.0 Å². The molecule has 0 radical (unpaired) electrons. The van der Waals surface area contributed by atoms with Gasteiger partial charge in [-0.2, -0.15) is 0 Å². The highest BCUT2D eigenvalue weighted by Crippen LogP contribution is 2.25. The van der Waals surface area contributed by atoms with E-state index in [1.807, 2.05) is 6.07 Å². The molecule has 1 saturated heterocycles. The topological polar surface area (TPSA) is 55.6 Å². The van der Waals surface area contributed by atoms with Crippen LogP contribution in [0.3, 0.4) is 0 Å². The largest absolute Gasteiger partial charge is 0.488 e. The molecule has 1 aliphatic heterocycles. The zero-order chi connectivity index (χ0) is 16.2. The van der Waals surface area contributed by atoms with E-state index in [1.165, 1.54) is 12.1 Å². The summed E-state index contributed by atoms with van der Waals surface area (Å²) >= 11 is 0. The molecule has 0 aliphatic carbocycles. The Balaban J connectivity index is 1.72. The Hall–Kier alpha value is -2.56. The minimum absolute atomic E-state index is 0.0331. The highest BCUT2D eigenvalue weighted by atomic mass is 19.1. The second-order valence-corrected chi connectivity index (χ2v) is 5.66. The van der Waals surface area contributed by atoms with Gasteiger partial charge in [0.15, 0.2) is 0 Å². The molecule has 2 N–H and O–H groups in total. The highest BCUT2D eigenvalue weighted by molar-refractivity contribution is 5.95. The number of ether oxygens (including phenoxy) is 1. The average molecular weight is 314 g/mol. The van der Waals surface area contributed by atoms with Gasteiger partial charge >= 0.3 is 0 Å². The fraction of sp³-hybridized carbons (Fsp3) is 0.278. The van der Waals surface area contributed by atoms with Gasteiger partial charge in [-0.05, 0) is 49.2 Å². The van der Waals surface area contributed by atoms with Crippen LogP contribution in [-0.2, 0) is 0 Å². The van der Waals surface area contributed by atoms with Crippen molar-refractivity contribution in [1.82, 2.24) is 0 Å². The van der Waals surface area contributed by atoms with Crippen LogP contribution in [-0.4, -0.2) is 25.1 Å². The first kappa shape index (κ1) is 15.3. The molecule has 0 bridgehead atoms. The molecular formula is C18H19FN2O2. The first-order valence-electron chi connectivity index (χ1n) is 7.69. The normalized spacial score (nSPS) is 17.8. The van der Waals surface area contributed by atoms with E-state index in [0.29, 0.717) is 17.9 Å². The van der Waals surface area contributed by atoms with Crippen molar-refractivity contribution in [1.29, 1.82) is 0 Å². The van der Waals surface area contributed by atoms with Crippen LogP contribution < -0.4 is 15.4 Å². The van der Waals surface area contributed by atoms with Crippen molar-refractivity contribution in [2.24, 2.45) is 5.73 Å². The molecule has 1 amide bonds. The molecule has 1 heterocycles. The third-order valence-corrected chi connectivity index (χ3v) is 4.02. The Kier molecular flexibility index (Phi) is 4.46. The van der Waals surface area contributed by atoms with Crippen molar-refractivity contribution < 1.29 is 13.9 Å². The lowest BCUT2D eigenvalue weighted by Crippen LogP contribution is -2.41. The smallest absolute Gasteiger partial charge is 0.252 e. The molecule has 2 aromatic carbocycles. The standard InChI is InChI=1S/C18H19FN2O2/c19-13-7-9-14(10-8-13)21-11-3-4-15(12-21)23-17-6-2-1-5-16(17)18(20)22/h1-2,5-10,15H,3-4,11-12H2,(H2,20,22). The van der Waals surface area contributed by atoms with E-state index in [4.69, 9.17) is 10.5 Å². The van der Waals surface area contributed by atoms with E-state index in [0.717, 1.165) is 25.1 Å². The maximum atomic E-state index is 13.1. The summed E-state index contributed by atoms with van der Waals surface area (Å²) in [6, 6.07) is 13.5. The van der Waals surface area contributed by atoms with Gasteiger partial charge in [0, 0.05) is 12.2 Å². The van der Waals surface area contributed by atoms with E-state index in [9.17, 15) is 9.18 Å². The van der Waals surface area contributed by atoms with Gasteiger partial charge in [-0.1, -0.05) is 12.1 Å². The molecule has 1 aliphatic rings. The summed E-state index contributed by atoms with van der Waals surface area (Å²) in [6.45, 7) is 1.60. The second-order valence-electron chi connectivity index (χ2n) is 5.66. The van der Waals surface area contributed by atoms with Gasteiger partial charge in [-0.25, -0.2) is 4.39 Å². The Morgan fingerprint density at radius 1 is 1.17 bits per heavy atom. The van der Waals surface area contributed by atoms with Gasteiger partial charge in [0.1, 0.15) is 17.7 Å². The number of benzene rings is 2. The zero-order valence-electron chi connectivity index (χ0n) is 12.7. The number of hydrogen-bond acceptors (Lipinski definition) is 3. The van der Waals surface area contributed by atoms with Gasteiger partial charge in [0.2, 0.25) is 0 Å². The molecule has 2 aromatic rings. The summed E-state index contributed by atoms with van der Waals surface area (Å²) in [4.78, 5) is 13.6. The van der Waals surface area contributed by atoms with Gasteiger partial charge in [-0.15, -0.1) is 0 Å². The number of piperidine rings is 1. The number of hydrogen-bond donors (Lipinski definition) is 1. The third kappa shape index (κ3) is 3.62. The van der Waals surface area contributed by atoms with Crippen LogP contribution in [0.2, 0.25) is 0 Å². The van der Waals surface area contributed by atoms with Crippen LogP contribution in [0.1, 0.15) is 23.2 Å². The Labute approximate surface area is 134 Å². The highest BCUT2D eigenvalue weighted by Gasteiger charge is 2.23. The van der Waals surface area contributed by atoms with Gasteiger partial charge in [-0.3, -0.25) is 4.79 Å². The molecule has 23 heavy (non-hydrogen) atoms. The van der Waals surface area contributed by atoms with E-state index < -0.39 is 5.91 Å². The van der Waals surface area contributed by atoms with Crippen LogP contribution in [0.4, 0.5) is 10.1 Å². The Morgan fingerprint density at radius 3 is 2.65 bits per heavy atom. The quantitative estimate of drug-likeness (QED) is 0.944. The van der Waals surface area contributed by atoms with E-state index in [1.54, 1.807) is 30.3 Å². The van der Waals surface area contributed by atoms with Crippen molar-refractivity contribution in [3.05, 3.63) is 59.9 Å². The minimum Gasteiger partial charge on any atom is -0.488 e. The van der Waals surface area contributed by atoms with Crippen LogP contribution in [0.25, 0.3) is 0 Å². The molecule has 0 spiro atoms. The molecule has 0 saturated carbocycles. The number of carbonyl (C=O) groups excluding carboxylic acids is 1. The summed E-state index contributed by atoms with van der Waals surface area (Å²) in [6.07, 6.45) is 1.85. The van der Waals surface area contributed by atoms with Crippen molar-refractivity contribution in [2.45, 2.75) is 18.9 Å². The van der Waals surface area contributed by atoms with Gasteiger partial charge < -0.3 is 15.4 Å². The first-order chi connectivity index (χ1) is 11.1. The van der Waals surface area contributed by atoms with Gasteiger partial charge in [0.05, 0.1) is 12.1 Å². The van der Waals surface area contributed by atoms with Crippen LogP contribution >= 0.6 is 0 Å². The van der Waals surface area contributed by atoms with Crippen molar-refractivity contribution >= 4 is 11.6 Å². The molecule has 120 valence electrons. The molecule has 0 aromatic heterocycles. The lowest BCUT2D eigenvalue weighted by molar-refractivity contribution is 0.0991. The molecule has 3 rings (SSSR count). The minimum atomic E-state index is -0.494. The lowest BCUT2D eigenvalue weighted by Gasteiger charge is -2.34. The summed E-state index contributed by atoms with van der Waals surface area (Å²) in [5, 5.41) is 0. The zero-order valence-corrected chi connectivity index (χ0v) is 12.7. The second kappa shape index (κ2) is 6.69. The number of para-hydroxylation sites is 1. The van der Waals surface area contributed by atoms with Gasteiger partial charge in [0.25, 0.3) is 5.91 Å². The number of nitrogens with two attached hydrogens (primary N) is 1. The fourth-order valence-electron chi connectivity index (χ4n) is 2.87. The van der Waals surface area contributed by atoms with E-state index in [-0.39, 0.29) is 11.9 Å². The average Bonchev–Trinajstić information content (AvgIpc) is 2.56. The van der Waals surface area contributed by atoms with Crippen LogP contribution in [0, 0.1) is 5.82 Å². The number of nitrogens with zero attached hydrogens (tertiary/aromatic N) is 1. The fourth-order valence-corrected chi connectivity index (χ4v) is 2.87.